The molecule has 0 atom stereocenters. The zero-order valence-corrected chi connectivity index (χ0v) is 12.9. The maximum Gasteiger partial charge on any atom is 0.325 e. The Hall–Kier alpha value is -1.56. The normalized spacial score (nSPS) is 13.9. The van der Waals surface area contributed by atoms with Crippen molar-refractivity contribution in [3.8, 4) is 0 Å². The van der Waals surface area contributed by atoms with Crippen LogP contribution in [0.4, 0.5) is 5.69 Å². The molecule has 2 N–H and O–H groups in total. The number of carbonyl (C=O) groups is 2. The summed E-state index contributed by atoms with van der Waals surface area (Å²) in [5.74, 6) is -0.576. The molecule has 0 aliphatic heterocycles. The summed E-state index contributed by atoms with van der Waals surface area (Å²) in [6.07, 6.45) is 1.84. The minimum absolute atomic E-state index is 0.0153. The van der Waals surface area contributed by atoms with E-state index >= 15 is 0 Å². The number of nitrogens with zero attached hydrogens (tertiary/aromatic N) is 1. The molecular formula is C14H17BrN2O3. The molecule has 5 nitrogen and oxygen atoms in total. The number of nitrogens with two attached hydrogens (primary N) is 1. The van der Waals surface area contributed by atoms with Gasteiger partial charge in [0.1, 0.15) is 6.54 Å². The standard InChI is InChI=1S/C14H17BrN2O3/c1-2-20-13(18)8-17(10-4-5-10)14(19)11-7-9(16)3-6-12(11)15/h3,6-7,10H,2,4-5,8,16H2,1H3. The predicted molar refractivity (Wildman–Crippen MR) is 79.2 cm³/mol. The number of nitrogen functional groups attached to an aromatic ring is 1. The summed E-state index contributed by atoms with van der Waals surface area (Å²) in [4.78, 5) is 25.8. The molecule has 0 aromatic heterocycles. The highest BCUT2D eigenvalue weighted by Gasteiger charge is 2.35. The van der Waals surface area contributed by atoms with E-state index in [2.05, 4.69) is 15.9 Å². The Balaban J connectivity index is 2.18. The summed E-state index contributed by atoms with van der Waals surface area (Å²) in [7, 11) is 0. The quantitative estimate of drug-likeness (QED) is 0.658. The summed E-state index contributed by atoms with van der Waals surface area (Å²) >= 11 is 3.35. The number of carbonyl (C=O) groups excluding carboxylic acids is 2. The molecule has 1 aromatic rings. The van der Waals surface area contributed by atoms with E-state index in [4.69, 9.17) is 10.5 Å². The molecule has 1 aliphatic carbocycles. The molecule has 0 saturated heterocycles. The van der Waals surface area contributed by atoms with Gasteiger partial charge in [0, 0.05) is 16.2 Å². The molecule has 0 bridgehead atoms. The molecule has 1 fully saturated rings. The average molecular weight is 341 g/mol. The highest BCUT2D eigenvalue weighted by molar-refractivity contribution is 9.10. The van der Waals surface area contributed by atoms with Crippen LogP contribution >= 0.6 is 15.9 Å². The van der Waals surface area contributed by atoms with Crippen LogP contribution in [0.1, 0.15) is 30.1 Å². The molecule has 0 heterocycles. The van der Waals surface area contributed by atoms with Gasteiger partial charge in [0.2, 0.25) is 0 Å². The number of halogens is 1. The van der Waals surface area contributed by atoms with Crippen LogP contribution in [-0.2, 0) is 9.53 Å². The molecule has 6 heteroatoms. The number of anilines is 1. The molecule has 0 spiro atoms. The van der Waals surface area contributed by atoms with Gasteiger partial charge in [-0.25, -0.2) is 0 Å². The van der Waals surface area contributed by atoms with Crippen LogP contribution < -0.4 is 5.73 Å². The average Bonchev–Trinajstić information content (AvgIpc) is 3.23. The van der Waals surface area contributed by atoms with Crippen molar-refractivity contribution in [2.24, 2.45) is 0 Å². The highest BCUT2D eigenvalue weighted by atomic mass is 79.9. The van der Waals surface area contributed by atoms with Crippen LogP contribution in [0.15, 0.2) is 22.7 Å². The molecular weight excluding hydrogens is 324 g/mol. The zero-order valence-electron chi connectivity index (χ0n) is 11.3. The topological polar surface area (TPSA) is 72.6 Å². The molecule has 1 amide bonds. The van der Waals surface area contributed by atoms with E-state index in [0.29, 0.717) is 22.3 Å². The van der Waals surface area contributed by atoms with E-state index in [0.717, 1.165) is 12.8 Å². The number of amides is 1. The monoisotopic (exact) mass is 340 g/mol. The molecule has 0 unspecified atom stereocenters. The first-order valence-corrected chi connectivity index (χ1v) is 7.33. The van der Waals surface area contributed by atoms with Crippen LogP contribution in [0.3, 0.4) is 0 Å². The van der Waals surface area contributed by atoms with Gasteiger partial charge in [-0.05, 0) is 53.9 Å². The Morgan fingerprint density at radius 1 is 1.45 bits per heavy atom. The van der Waals surface area contributed by atoms with Crippen molar-refractivity contribution in [1.29, 1.82) is 0 Å². The first-order valence-electron chi connectivity index (χ1n) is 6.54. The second kappa shape index (κ2) is 6.26. The molecule has 108 valence electrons. The van der Waals surface area contributed by atoms with Crippen LogP contribution in [0, 0.1) is 0 Å². The first-order chi connectivity index (χ1) is 9.52. The number of benzene rings is 1. The van der Waals surface area contributed by atoms with Gasteiger partial charge in [0.15, 0.2) is 0 Å². The number of hydrogen-bond acceptors (Lipinski definition) is 4. The summed E-state index contributed by atoms with van der Waals surface area (Å²) in [5.41, 5.74) is 6.71. The van der Waals surface area contributed by atoms with Crippen molar-refractivity contribution in [2.45, 2.75) is 25.8 Å². The third-order valence-corrected chi connectivity index (χ3v) is 3.77. The number of rotatable bonds is 5. The Kier molecular flexibility index (Phi) is 4.65. The Morgan fingerprint density at radius 2 is 2.15 bits per heavy atom. The van der Waals surface area contributed by atoms with Crippen molar-refractivity contribution >= 4 is 33.5 Å². The maximum atomic E-state index is 12.6. The van der Waals surface area contributed by atoms with Gasteiger partial charge in [-0.15, -0.1) is 0 Å². The second-order valence-electron chi connectivity index (χ2n) is 4.71. The third-order valence-electron chi connectivity index (χ3n) is 3.07. The minimum Gasteiger partial charge on any atom is -0.465 e. The van der Waals surface area contributed by atoms with Crippen LogP contribution in [-0.4, -0.2) is 36.0 Å². The van der Waals surface area contributed by atoms with Gasteiger partial charge in [-0.3, -0.25) is 9.59 Å². The molecule has 20 heavy (non-hydrogen) atoms. The fraction of sp³-hybridized carbons (Fsp3) is 0.429. The fourth-order valence-corrected chi connectivity index (χ4v) is 2.38. The van der Waals surface area contributed by atoms with Gasteiger partial charge in [0.05, 0.1) is 12.2 Å². The molecule has 1 saturated carbocycles. The Labute approximate surface area is 126 Å². The van der Waals surface area contributed by atoms with Gasteiger partial charge in [-0.2, -0.15) is 0 Å². The Bertz CT molecular complexity index is 529. The van der Waals surface area contributed by atoms with Crippen molar-refractivity contribution in [3.05, 3.63) is 28.2 Å². The summed E-state index contributed by atoms with van der Waals surface area (Å²) in [6.45, 7) is 2.04. The highest BCUT2D eigenvalue weighted by Crippen LogP contribution is 2.30. The largest absolute Gasteiger partial charge is 0.465 e. The van der Waals surface area contributed by atoms with E-state index < -0.39 is 0 Å². The van der Waals surface area contributed by atoms with Gasteiger partial charge in [-0.1, -0.05) is 0 Å². The summed E-state index contributed by atoms with van der Waals surface area (Å²) in [6, 6.07) is 5.19. The summed E-state index contributed by atoms with van der Waals surface area (Å²) in [5, 5.41) is 0. The molecule has 1 aromatic carbocycles. The lowest BCUT2D eigenvalue weighted by Crippen LogP contribution is -2.38. The van der Waals surface area contributed by atoms with Crippen LogP contribution in [0.2, 0.25) is 0 Å². The Morgan fingerprint density at radius 3 is 2.75 bits per heavy atom. The number of hydrogen-bond donors (Lipinski definition) is 1. The van der Waals surface area contributed by atoms with E-state index in [-0.39, 0.29) is 24.5 Å². The van der Waals surface area contributed by atoms with Gasteiger partial charge in [0.25, 0.3) is 5.91 Å². The maximum absolute atomic E-state index is 12.6. The number of esters is 1. The van der Waals surface area contributed by atoms with Crippen molar-refractivity contribution < 1.29 is 14.3 Å². The fourth-order valence-electron chi connectivity index (χ4n) is 1.96. The number of ether oxygens (including phenoxy) is 1. The van der Waals surface area contributed by atoms with Gasteiger partial charge >= 0.3 is 5.97 Å². The van der Waals surface area contributed by atoms with Crippen LogP contribution in [0.25, 0.3) is 0 Å². The lowest BCUT2D eigenvalue weighted by molar-refractivity contribution is -0.144. The minimum atomic E-state index is -0.382. The summed E-state index contributed by atoms with van der Waals surface area (Å²) < 4.78 is 5.59. The van der Waals surface area contributed by atoms with E-state index in [1.165, 1.54) is 0 Å². The predicted octanol–water partition coefficient (Wildman–Crippen LogP) is 2.20. The van der Waals surface area contributed by atoms with E-state index in [9.17, 15) is 9.59 Å². The van der Waals surface area contributed by atoms with Crippen molar-refractivity contribution in [3.63, 3.8) is 0 Å². The smallest absolute Gasteiger partial charge is 0.325 e. The third kappa shape index (κ3) is 3.50. The van der Waals surface area contributed by atoms with Crippen molar-refractivity contribution in [2.75, 3.05) is 18.9 Å². The van der Waals surface area contributed by atoms with Crippen LogP contribution in [0.5, 0.6) is 0 Å². The SMILES string of the molecule is CCOC(=O)CN(C(=O)c1cc(N)ccc1Br)C1CC1. The second-order valence-corrected chi connectivity index (χ2v) is 5.56. The van der Waals surface area contributed by atoms with Gasteiger partial charge < -0.3 is 15.4 Å². The first kappa shape index (κ1) is 14.8. The molecule has 2 rings (SSSR count). The lowest BCUT2D eigenvalue weighted by atomic mass is 10.1. The molecule has 1 aliphatic rings. The van der Waals surface area contributed by atoms with E-state index in [1.807, 2.05) is 0 Å². The molecule has 0 radical (unpaired) electrons. The van der Waals surface area contributed by atoms with E-state index in [1.54, 1.807) is 30.0 Å². The zero-order chi connectivity index (χ0) is 14.7. The lowest BCUT2D eigenvalue weighted by Gasteiger charge is -2.22. The van der Waals surface area contributed by atoms with Crippen molar-refractivity contribution in [1.82, 2.24) is 4.90 Å².